The molecular formula is C21H20BrN3O4S2. The largest absolute Gasteiger partial charge is 0.493 e. The first-order valence-corrected chi connectivity index (χ1v) is 11.4. The maximum atomic E-state index is 12.4. The van der Waals surface area contributed by atoms with E-state index in [4.69, 9.17) is 21.7 Å². The SMILES string of the molecule is COc1cc(/C=N/N2C(=O)CSC2=S)ccc1OCC(=O)Nc1ccc(Br)c(C)c1C. The summed E-state index contributed by atoms with van der Waals surface area (Å²) in [6.07, 6.45) is 1.52. The van der Waals surface area contributed by atoms with Crippen LogP contribution in [-0.4, -0.2) is 46.8 Å². The molecule has 7 nitrogen and oxygen atoms in total. The molecule has 1 saturated heterocycles. The van der Waals surface area contributed by atoms with E-state index in [2.05, 4.69) is 26.3 Å². The van der Waals surface area contributed by atoms with E-state index in [-0.39, 0.29) is 18.4 Å². The molecule has 0 aromatic heterocycles. The van der Waals surface area contributed by atoms with Crippen LogP contribution in [0.4, 0.5) is 5.69 Å². The van der Waals surface area contributed by atoms with E-state index < -0.39 is 0 Å². The average Bonchev–Trinajstić information content (AvgIpc) is 3.08. The molecule has 162 valence electrons. The molecular weight excluding hydrogens is 502 g/mol. The number of amides is 2. The minimum absolute atomic E-state index is 0.152. The third-order valence-electron chi connectivity index (χ3n) is 4.59. The molecule has 1 aliphatic heterocycles. The van der Waals surface area contributed by atoms with Crippen molar-refractivity contribution in [3.63, 3.8) is 0 Å². The Morgan fingerprint density at radius 1 is 1.29 bits per heavy atom. The molecule has 1 aliphatic rings. The molecule has 0 radical (unpaired) electrons. The highest BCUT2D eigenvalue weighted by Gasteiger charge is 2.26. The number of anilines is 1. The third-order valence-corrected chi connectivity index (χ3v) is 6.79. The predicted molar refractivity (Wildman–Crippen MR) is 130 cm³/mol. The van der Waals surface area contributed by atoms with Gasteiger partial charge in [-0.25, -0.2) is 0 Å². The van der Waals surface area contributed by atoms with Gasteiger partial charge >= 0.3 is 0 Å². The fourth-order valence-corrected chi connectivity index (χ4v) is 4.12. The second-order valence-corrected chi connectivity index (χ2v) is 9.06. The molecule has 2 amide bonds. The van der Waals surface area contributed by atoms with Gasteiger partial charge in [0.1, 0.15) is 0 Å². The van der Waals surface area contributed by atoms with E-state index in [1.807, 2.05) is 26.0 Å². The smallest absolute Gasteiger partial charge is 0.262 e. The number of methoxy groups -OCH3 is 1. The highest BCUT2D eigenvalue weighted by atomic mass is 79.9. The van der Waals surface area contributed by atoms with Gasteiger partial charge in [-0.05, 0) is 60.9 Å². The number of halogens is 1. The molecule has 0 bridgehead atoms. The second-order valence-electron chi connectivity index (χ2n) is 6.60. The van der Waals surface area contributed by atoms with Crippen molar-refractivity contribution in [3.8, 4) is 11.5 Å². The quantitative estimate of drug-likeness (QED) is 0.432. The van der Waals surface area contributed by atoms with Crippen LogP contribution >= 0.6 is 39.9 Å². The third kappa shape index (κ3) is 5.63. The summed E-state index contributed by atoms with van der Waals surface area (Å²) in [6, 6.07) is 8.87. The Balaban J connectivity index is 1.64. The Morgan fingerprint density at radius 2 is 2.06 bits per heavy atom. The van der Waals surface area contributed by atoms with Gasteiger partial charge in [0.15, 0.2) is 22.4 Å². The van der Waals surface area contributed by atoms with Gasteiger partial charge in [-0.15, -0.1) is 0 Å². The highest BCUT2D eigenvalue weighted by Crippen LogP contribution is 2.29. The number of carbonyl (C=O) groups is 2. The molecule has 31 heavy (non-hydrogen) atoms. The Hall–Kier alpha value is -2.43. The van der Waals surface area contributed by atoms with Crippen LogP contribution in [0, 0.1) is 13.8 Å². The summed E-state index contributed by atoms with van der Waals surface area (Å²) < 4.78 is 12.4. The topological polar surface area (TPSA) is 80.2 Å². The van der Waals surface area contributed by atoms with Gasteiger partial charge in [-0.2, -0.15) is 10.1 Å². The summed E-state index contributed by atoms with van der Waals surface area (Å²) in [5, 5.41) is 8.20. The van der Waals surface area contributed by atoms with E-state index in [0.29, 0.717) is 27.1 Å². The van der Waals surface area contributed by atoms with Crippen LogP contribution in [-0.2, 0) is 9.59 Å². The van der Waals surface area contributed by atoms with E-state index in [1.165, 1.54) is 30.1 Å². The average molecular weight is 522 g/mol. The van der Waals surface area contributed by atoms with Gasteiger partial charge in [-0.3, -0.25) is 9.59 Å². The number of hydrogen-bond donors (Lipinski definition) is 1. The van der Waals surface area contributed by atoms with Gasteiger partial charge < -0.3 is 14.8 Å². The van der Waals surface area contributed by atoms with Crippen LogP contribution in [0.15, 0.2) is 39.9 Å². The molecule has 2 aromatic rings. The predicted octanol–water partition coefficient (Wildman–Crippen LogP) is 4.29. The van der Waals surface area contributed by atoms with Gasteiger partial charge in [0.25, 0.3) is 11.8 Å². The number of hydrogen-bond acceptors (Lipinski definition) is 7. The lowest BCUT2D eigenvalue weighted by Gasteiger charge is -2.14. The number of nitrogens with one attached hydrogen (secondary N) is 1. The number of hydrazone groups is 1. The maximum Gasteiger partial charge on any atom is 0.262 e. The maximum absolute atomic E-state index is 12.4. The first-order valence-electron chi connectivity index (χ1n) is 9.20. The van der Waals surface area contributed by atoms with Crippen LogP contribution in [0.5, 0.6) is 11.5 Å². The molecule has 0 aliphatic carbocycles. The van der Waals surface area contributed by atoms with Gasteiger partial charge in [0.2, 0.25) is 0 Å². The minimum atomic E-state index is -0.281. The molecule has 1 N–H and O–H groups in total. The summed E-state index contributed by atoms with van der Waals surface area (Å²) in [6.45, 7) is 3.75. The normalized spacial score (nSPS) is 13.7. The number of carbonyl (C=O) groups excluding carboxylic acids is 2. The molecule has 0 spiro atoms. The van der Waals surface area contributed by atoms with Crippen molar-refractivity contribution < 1.29 is 19.1 Å². The van der Waals surface area contributed by atoms with Crippen molar-refractivity contribution >= 4 is 67.9 Å². The number of ether oxygens (including phenoxy) is 2. The van der Waals surface area contributed by atoms with Crippen LogP contribution in [0.2, 0.25) is 0 Å². The summed E-state index contributed by atoms with van der Waals surface area (Å²) in [5.74, 6) is 0.726. The lowest BCUT2D eigenvalue weighted by atomic mass is 10.1. The zero-order valence-electron chi connectivity index (χ0n) is 17.1. The Kier molecular flexibility index (Phi) is 7.69. The Bertz CT molecular complexity index is 1060. The van der Waals surface area contributed by atoms with Crippen LogP contribution in [0.25, 0.3) is 0 Å². The van der Waals surface area contributed by atoms with Gasteiger partial charge in [0, 0.05) is 10.2 Å². The highest BCUT2D eigenvalue weighted by molar-refractivity contribution is 9.10. The fourth-order valence-electron chi connectivity index (χ4n) is 2.72. The number of thioether (sulfide) groups is 1. The molecule has 0 unspecified atom stereocenters. The standard InChI is InChI=1S/C21H20BrN3O4S2/c1-12-13(2)16(6-5-15(12)22)24-19(26)10-29-17-7-4-14(8-18(17)28-3)9-23-25-20(27)11-31-21(25)30/h4-9H,10-11H2,1-3H3,(H,24,26)/b23-9+. The van der Waals surface area contributed by atoms with E-state index in [0.717, 1.165) is 21.3 Å². The summed E-state index contributed by atoms with van der Waals surface area (Å²) in [5.41, 5.74) is 3.48. The molecule has 0 atom stereocenters. The molecule has 1 fully saturated rings. The summed E-state index contributed by atoms with van der Waals surface area (Å²) in [7, 11) is 1.51. The Morgan fingerprint density at radius 3 is 2.74 bits per heavy atom. The molecule has 1 heterocycles. The molecule has 10 heteroatoms. The number of nitrogens with zero attached hydrogens (tertiary/aromatic N) is 2. The van der Waals surface area contributed by atoms with Crippen molar-refractivity contribution in [2.45, 2.75) is 13.8 Å². The van der Waals surface area contributed by atoms with Crippen LogP contribution in [0.3, 0.4) is 0 Å². The molecule has 2 aromatic carbocycles. The van der Waals surface area contributed by atoms with Crippen molar-refractivity contribution in [2.75, 3.05) is 24.8 Å². The van der Waals surface area contributed by atoms with E-state index >= 15 is 0 Å². The van der Waals surface area contributed by atoms with Gasteiger partial charge in [0.05, 0.1) is 19.1 Å². The number of rotatable bonds is 7. The molecule has 0 saturated carbocycles. The summed E-state index contributed by atoms with van der Waals surface area (Å²) in [4.78, 5) is 24.1. The van der Waals surface area contributed by atoms with Crippen molar-refractivity contribution in [1.82, 2.24) is 5.01 Å². The first-order chi connectivity index (χ1) is 14.8. The summed E-state index contributed by atoms with van der Waals surface area (Å²) >= 11 is 9.86. The minimum Gasteiger partial charge on any atom is -0.493 e. The zero-order chi connectivity index (χ0) is 22.5. The van der Waals surface area contributed by atoms with E-state index in [1.54, 1.807) is 18.2 Å². The number of benzene rings is 2. The van der Waals surface area contributed by atoms with Crippen molar-refractivity contribution in [3.05, 3.63) is 51.5 Å². The van der Waals surface area contributed by atoms with Crippen LogP contribution < -0.4 is 14.8 Å². The Labute approximate surface area is 198 Å². The van der Waals surface area contributed by atoms with Crippen molar-refractivity contribution in [2.24, 2.45) is 5.10 Å². The lowest BCUT2D eigenvalue weighted by molar-refractivity contribution is -0.124. The van der Waals surface area contributed by atoms with E-state index in [9.17, 15) is 9.59 Å². The zero-order valence-corrected chi connectivity index (χ0v) is 20.3. The monoisotopic (exact) mass is 521 g/mol. The second kappa shape index (κ2) is 10.3. The molecule has 3 rings (SSSR count). The fraction of sp³-hybridized carbons (Fsp3) is 0.238. The first kappa shape index (κ1) is 23.2. The number of thiocarbonyl (C=S) groups is 1. The van der Waals surface area contributed by atoms with Gasteiger partial charge in [-0.1, -0.05) is 39.9 Å². The van der Waals surface area contributed by atoms with Crippen LogP contribution in [0.1, 0.15) is 16.7 Å². The lowest BCUT2D eigenvalue weighted by Crippen LogP contribution is -2.22. The van der Waals surface area contributed by atoms with Crippen molar-refractivity contribution in [1.29, 1.82) is 0 Å².